The second-order valence-electron chi connectivity index (χ2n) is 5.65. The average Bonchev–Trinajstić information content (AvgIpc) is 2.78. The predicted molar refractivity (Wildman–Crippen MR) is 59.2 cm³/mol. The number of hydrogen-bond acceptors (Lipinski definition) is 1. The van der Waals surface area contributed by atoms with Gasteiger partial charge in [0.25, 0.3) is 0 Å². The maximum Gasteiger partial charge on any atom is 0.226 e. The minimum absolute atomic E-state index is 0.346. The predicted octanol–water partition coefficient (Wildman–Crippen LogP) is 2.07. The van der Waals surface area contributed by atoms with Crippen LogP contribution in [0.5, 0.6) is 0 Å². The Morgan fingerprint density at radius 2 is 1.93 bits per heavy atom. The highest BCUT2D eigenvalue weighted by molar-refractivity contribution is 5.83. The molecule has 3 aliphatic rings. The zero-order chi connectivity index (χ0) is 10.7. The summed E-state index contributed by atoms with van der Waals surface area (Å²) in [6, 6.07) is 0. The minimum Gasteiger partial charge on any atom is -0.345 e. The Balaban J connectivity index is 2.03. The van der Waals surface area contributed by atoms with Crippen molar-refractivity contribution < 1.29 is 4.79 Å². The van der Waals surface area contributed by atoms with Gasteiger partial charge in [-0.1, -0.05) is 11.1 Å². The molecule has 0 aromatic heterocycles. The van der Waals surface area contributed by atoms with Gasteiger partial charge < -0.3 is 4.90 Å². The molecule has 2 bridgehead atoms. The molecule has 0 unspecified atom stereocenters. The number of rotatable bonds is 0. The van der Waals surface area contributed by atoms with Gasteiger partial charge in [-0.3, -0.25) is 4.79 Å². The molecule has 82 valence electrons. The molecule has 0 aromatic rings. The number of amides is 1. The van der Waals surface area contributed by atoms with E-state index in [0.717, 1.165) is 12.5 Å². The van der Waals surface area contributed by atoms with E-state index in [2.05, 4.69) is 13.8 Å². The van der Waals surface area contributed by atoms with Crippen LogP contribution in [0.2, 0.25) is 0 Å². The van der Waals surface area contributed by atoms with E-state index in [9.17, 15) is 4.79 Å². The van der Waals surface area contributed by atoms with Crippen LogP contribution in [0.4, 0.5) is 0 Å². The van der Waals surface area contributed by atoms with Gasteiger partial charge in [-0.05, 0) is 44.4 Å². The van der Waals surface area contributed by atoms with Gasteiger partial charge in [0.2, 0.25) is 5.91 Å². The molecule has 0 radical (unpaired) electrons. The lowest BCUT2D eigenvalue weighted by molar-refractivity contribution is -0.131. The number of carbonyl (C=O) groups is 1. The molecule has 3 rings (SSSR count). The highest BCUT2D eigenvalue weighted by atomic mass is 16.2. The first-order valence-electron chi connectivity index (χ1n) is 6.03. The number of allylic oxidation sites excluding steroid dienone is 2. The van der Waals surface area contributed by atoms with Crippen LogP contribution in [0, 0.1) is 23.7 Å². The van der Waals surface area contributed by atoms with Crippen molar-refractivity contribution >= 4 is 5.91 Å². The Kier molecular flexibility index (Phi) is 1.80. The van der Waals surface area contributed by atoms with Crippen molar-refractivity contribution in [2.75, 3.05) is 13.6 Å². The fraction of sp³-hybridized carbons (Fsp3) is 0.769. The van der Waals surface area contributed by atoms with Crippen molar-refractivity contribution in [1.82, 2.24) is 4.90 Å². The van der Waals surface area contributed by atoms with Gasteiger partial charge in [-0.15, -0.1) is 0 Å². The molecule has 1 aliphatic heterocycles. The highest BCUT2D eigenvalue weighted by Gasteiger charge is 2.58. The van der Waals surface area contributed by atoms with E-state index in [0.29, 0.717) is 23.7 Å². The molecule has 15 heavy (non-hydrogen) atoms. The molecular weight excluding hydrogens is 186 g/mol. The Bertz CT molecular complexity index is 354. The third-order valence-corrected chi connectivity index (χ3v) is 4.72. The van der Waals surface area contributed by atoms with Crippen molar-refractivity contribution in [3.05, 3.63) is 11.1 Å². The first-order valence-corrected chi connectivity index (χ1v) is 6.03. The van der Waals surface area contributed by atoms with Crippen molar-refractivity contribution in [2.24, 2.45) is 23.7 Å². The van der Waals surface area contributed by atoms with Gasteiger partial charge in [0.05, 0.1) is 0 Å². The lowest BCUT2D eigenvalue weighted by Gasteiger charge is -2.19. The zero-order valence-corrected chi connectivity index (χ0v) is 9.79. The summed E-state index contributed by atoms with van der Waals surface area (Å²) in [7, 11) is 1.96. The van der Waals surface area contributed by atoms with Gasteiger partial charge in [0, 0.05) is 19.5 Å². The molecule has 0 N–H and O–H groups in total. The Hall–Kier alpha value is -0.790. The standard InChI is InChI=1S/C13H19NO/c1-7(2)11-8-4-5-9(11)12-10(8)6-14(3)13(12)15/h8-10,12H,4-6H2,1-3H3/t8-,9-,10-,12+/m0/s1. The Morgan fingerprint density at radius 3 is 2.53 bits per heavy atom. The Labute approximate surface area is 91.3 Å². The topological polar surface area (TPSA) is 20.3 Å². The molecule has 3 fully saturated rings. The van der Waals surface area contributed by atoms with Crippen LogP contribution in [-0.2, 0) is 4.79 Å². The summed E-state index contributed by atoms with van der Waals surface area (Å²) in [6.45, 7) is 5.44. The van der Waals surface area contributed by atoms with Crippen LogP contribution in [0.15, 0.2) is 11.1 Å². The second kappa shape index (κ2) is 2.87. The smallest absolute Gasteiger partial charge is 0.226 e. The molecule has 2 nitrogen and oxygen atoms in total. The highest BCUT2D eigenvalue weighted by Crippen LogP contribution is 2.59. The first-order chi connectivity index (χ1) is 7.11. The number of hydrogen-bond donors (Lipinski definition) is 0. The summed E-state index contributed by atoms with van der Waals surface area (Å²) in [6.07, 6.45) is 2.58. The van der Waals surface area contributed by atoms with Crippen LogP contribution < -0.4 is 0 Å². The van der Waals surface area contributed by atoms with Gasteiger partial charge in [0.1, 0.15) is 0 Å². The molecule has 1 saturated heterocycles. The van der Waals surface area contributed by atoms with E-state index >= 15 is 0 Å². The second-order valence-corrected chi connectivity index (χ2v) is 5.65. The maximum absolute atomic E-state index is 12.0. The quantitative estimate of drug-likeness (QED) is 0.554. The summed E-state index contributed by atoms with van der Waals surface area (Å²) in [4.78, 5) is 14.0. The number of likely N-dealkylation sites (tertiary alicyclic amines) is 1. The number of nitrogens with zero attached hydrogens (tertiary/aromatic N) is 1. The lowest BCUT2D eigenvalue weighted by Crippen LogP contribution is -2.26. The van der Waals surface area contributed by atoms with E-state index in [1.807, 2.05) is 11.9 Å². The summed E-state index contributed by atoms with van der Waals surface area (Å²) >= 11 is 0. The summed E-state index contributed by atoms with van der Waals surface area (Å²) in [5.41, 5.74) is 3.12. The molecule has 0 aromatic carbocycles. The molecule has 2 saturated carbocycles. The molecule has 1 amide bonds. The summed E-state index contributed by atoms with van der Waals surface area (Å²) in [5.74, 6) is 2.73. The van der Waals surface area contributed by atoms with Crippen LogP contribution in [0.25, 0.3) is 0 Å². The minimum atomic E-state index is 0.346. The van der Waals surface area contributed by atoms with Crippen molar-refractivity contribution in [1.29, 1.82) is 0 Å². The Morgan fingerprint density at radius 1 is 1.27 bits per heavy atom. The van der Waals surface area contributed by atoms with Crippen molar-refractivity contribution in [2.45, 2.75) is 26.7 Å². The van der Waals surface area contributed by atoms with Crippen molar-refractivity contribution in [3.63, 3.8) is 0 Å². The fourth-order valence-electron chi connectivity index (χ4n) is 4.31. The SMILES string of the molecule is CC(C)=C1[C@H]2CC[C@@H]1[C@H]1C(=O)N(C)C[C@H]12. The third kappa shape index (κ3) is 1.03. The van der Waals surface area contributed by atoms with Crippen LogP contribution in [-0.4, -0.2) is 24.4 Å². The normalized spacial score (nSPS) is 42.7. The van der Waals surface area contributed by atoms with Crippen LogP contribution in [0.1, 0.15) is 26.7 Å². The average molecular weight is 205 g/mol. The van der Waals surface area contributed by atoms with Crippen LogP contribution in [0.3, 0.4) is 0 Å². The number of carbonyl (C=O) groups excluding carboxylic acids is 1. The maximum atomic E-state index is 12.0. The number of fused-ring (bicyclic) bond motifs is 5. The van der Waals surface area contributed by atoms with Gasteiger partial charge >= 0.3 is 0 Å². The molecule has 2 aliphatic carbocycles. The largest absolute Gasteiger partial charge is 0.345 e. The monoisotopic (exact) mass is 205 g/mol. The van der Waals surface area contributed by atoms with Gasteiger partial charge in [-0.2, -0.15) is 0 Å². The first kappa shape index (κ1) is 9.44. The zero-order valence-electron chi connectivity index (χ0n) is 9.79. The van der Waals surface area contributed by atoms with Gasteiger partial charge in [-0.25, -0.2) is 0 Å². The van der Waals surface area contributed by atoms with E-state index in [1.165, 1.54) is 18.4 Å². The molecule has 0 spiro atoms. The molecular formula is C13H19NO. The summed E-state index contributed by atoms with van der Waals surface area (Å²) < 4.78 is 0. The molecule has 2 heteroatoms. The molecule has 1 heterocycles. The van der Waals surface area contributed by atoms with Gasteiger partial charge in [0.15, 0.2) is 0 Å². The van der Waals surface area contributed by atoms with E-state index < -0.39 is 0 Å². The van der Waals surface area contributed by atoms with Crippen LogP contribution >= 0.6 is 0 Å². The van der Waals surface area contributed by atoms with E-state index in [4.69, 9.17) is 0 Å². The fourth-order valence-corrected chi connectivity index (χ4v) is 4.31. The van der Waals surface area contributed by atoms with E-state index in [-0.39, 0.29) is 0 Å². The van der Waals surface area contributed by atoms with Crippen molar-refractivity contribution in [3.8, 4) is 0 Å². The van der Waals surface area contributed by atoms with E-state index in [1.54, 1.807) is 5.57 Å². The molecule has 4 atom stereocenters. The third-order valence-electron chi connectivity index (χ3n) is 4.72. The lowest BCUT2D eigenvalue weighted by atomic mass is 9.81. The summed E-state index contributed by atoms with van der Waals surface area (Å²) in [5, 5.41) is 0.